The number of ketones is 3. The second-order valence-corrected chi connectivity index (χ2v) is 15.1. The van der Waals surface area contributed by atoms with Crippen LogP contribution in [0.25, 0.3) is 0 Å². The number of rotatable bonds is 15. The largest absolute Gasteiger partial charge is 0.507 e. The van der Waals surface area contributed by atoms with Gasteiger partial charge < -0.3 is 79.3 Å². The zero-order chi connectivity index (χ0) is 43.8. The number of carbonyl (C=O) groups excluding carboxylic acids is 4. The first-order valence-electron chi connectivity index (χ1n) is 19.5. The Hall–Kier alpha value is -4.16. The molecular weight excluding hydrogens is 798 g/mol. The molecule has 20 nitrogen and oxygen atoms in total. The summed E-state index contributed by atoms with van der Waals surface area (Å²) < 4.78 is 39.0. The molecular formula is C40H51NO19. The standard InChI is InChI=1S/C40H51NO19/c1-5-56-23(59-39-36(51)34(49)35(50)37(60-39)38(52)55-4)10-7-11-41-19-12-24(57-16(2)29(19)44)58-21-14-40(53,22(43)15-42)13-18-26(21)33(48)28-27(31(18)46)30(45)17-8-6-9-20(54-3)25(17)32(28)47/h6,8-9,16,19,21,23-24,29,34-37,39,41-42,44,46,48-51,53H,5,7,10-15H2,1-4H3/t16-,19+,21?,23?,24-,29+,34-,35-,36+,37-,39+,40?/m0/s1. The first kappa shape index (κ1) is 45.4. The lowest BCUT2D eigenvalue weighted by molar-refractivity contribution is -0.331. The maximum absolute atomic E-state index is 14.0. The molecule has 20 heteroatoms. The van der Waals surface area contributed by atoms with Gasteiger partial charge in [0.25, 0.3) is 0 Å². The molecule has 60 heavy (non-hydrogen) atoms. The molecule has 0 bridgehead atoms. The van der Waals surface area contributed by atoms with Gasteiger partial charge in [-0.15, -0.1) is 0 Å². The van der Waals surface area contributed by atoms with Crippen LogP contribution in [0.3, 0.4) is 0 Å². The van der Waals surface area contributed by atoms with Gasteiger partial charge in [-0.05, 0) is 39.3 Å². The van der Waals surface area contributed by atoms with Crippen LogP contribution in [0.4, 0.5) is 0 Å². The first-order valence-corrected chi connectivity index (χ1v) is 19.5. The SMILES string of the molecule is CCOC(CCCN[C@@H]1C[C@H](OC2CC(O)(C(=O)CO)Cc3c(O)c4c(c(O)c32)C(=O)c2c(OC)cccc2C4=O)O[C@@H](C)[C@H]1O)O[C@@H]1O[C@H](C(=O)OC)[C@@H](O)[C@H](O)[C@H]1O. The summed E-state index contributed by atoms with van der Waals surface area (Å²) >= 11 is 0. The highest BCUT2D eigenvalue weighted by Crippen LogP contribution is 2.52. The van der Waals surface area contributed by atoms with E-state index in [4.69, 9.17) is 28.4 Å². The predicted molar refractivity (Wildman–Crippen MR) is 200 cm³/mol. The number of ether oxygens (including phenoxy) is 7. The molecule has 4 aliphatic rings. The molecule has 9 N–H and O–H groups in total. The quantitative estimate of drug-likeness (QED) is 0.0374. The molecule has 2 heterocycles. The molecule has 0 radical (unpaired) electrons. The van der Waals surface area contributed by atoms with Gasteiger partial charge in [0.1, 0.15) is 47.8 Å². The highest BCUT2D eigenvalue weighted by atomic mass is 16.8. The van der Waals surface area contributed by atoms with Crippen LogP contribution in [-0.4, -0.2) is 165 Å². The van der Waals surface area contributed by atoms with Crippen molar-refractivity contribution in [3.8, 4) is 17.2 Å². The van der Waals surface area contributed by atoms with Gasteiger partial charge in [-0.1, -0.05) is 12.1 Å². The topological polar surface area (TPSA) is 307 Å². The second kappa shape index (κ2) is 18.4. The Kier molecular flexibility index (Phi) is 13.9. The number of benzene rings is 2. The van der Waals surface area contributed by atoms with Crippen molar-refractivity contribution < 1.29 is 93.2 Å². The molecule has 2 aliphatic carbocycles. The number of phenolic OH excluding ortho intramolecular Hbond substituents is 2. The van der Waals surface area contributed by atoms with Crippen molar-refractivity contribution in [3.63, 3.8) is 0 Å². The van der Waals surface area contributed by atoms with Gasteiger partial charge in [0.05, 0.1) is 49.2 Å². The summed E-state index contributed by atoms with van der Waals surface area (Å²) in [5.74, 6) is -5.08. The van der Waals surface area contributed by atoms with Crippen molar-refractivity contribution in [1.29, 1.82) is 0 Å². The molecule has 6 rings (SSSR count). The van der Waals surface area contributed by atoms with Crippen LogP contribution in [0.15, 0.2) is 18.2 Å². The van der Waals surface area contributed by atoms with Gasteiger partial charge in [0.2, 0.25) is 5.78 Å². The first-order chi connectivity index (χ1) is 28.5. The summed E-state index contributed by atoms with van der Waals surface area (Å²) in [5.41, 5.74) is -4.06. The number of aliphatic hydroxyl groups is 6. The predicted octanol–water partition coefficient (Wildman–Crippen LogP) is -1.23. The Morgan fingerprint density at radius 2 is 1.68 bits per heavy atom. The molecule has 0 aromatic heterocycles. The van der Waals surface area contributed by atoms with E-state index in [0.29, 0.717) is 6.42 Å². The molecule has 0 saturated carbocycles. The van der Waals surface area contributed by atoms with Gasteiger partial charge >= 0.3 is 5.97 Å². The summed E-state index contributed by atoms with van der Waals surface area (Å²) in [4.78, 5) is 52.8. The van der Waals surface area contributed by atoms with Crippen LogP contribution < -0.4 is 10.1 Å². The third-order valence-corrected chi connectivity index (χ3v) is 11.4. The fourth-order valence-corrected chi connectivity index (χ4v) is 8.27. The van der Waals surface area contributed by atoms with E-state index in [1.165, 1.54) is 25.3 Å². The second-order valence-electron chi connectivity index (χ2n) is 15.1. The maximum atomic E-state index is 14.0. The van der Waals surface area contributed by atoms with Crippen molar-refractivity contribution in [2.45, 2.75) is 119 Å². The van der Waals surface area contributed by atoms with Gasteiger partial charge in [0.15, 0.2) is 36.5 Å². The average Bonchev–Trinajstić information content (AvgIpc) is 3.23. The molecule has 0 amide bonds. The van der Waals surface area contributed by atoms with Crippen molar-refractivity contribution in [2.24, 2.45) is 0 Å². The molecule has 330 valence electrons. The average molecular weight is 850 g/mol. The lowest BCUT2D eigenvalue weighted by Crippen LogP contribution is -2.61. The van der Waals surface area contributed by atoms with Crippen LogP contribution >= 0.6 is 0 Å². The molecule has 2 saturated heterocycles. The van der Waals surface area contributed by atoms with Gasteiger partial charge in [-0.2, -0.15) is 0 Å². The number of phenols is 2. The Balaban J connectivity index is 1.19. The van der Waals surface area contributed by atoms with E-state index in [9.17, 15) is 60.0 Å². The van der Waals surface area contributed by atoms with Crippen molar-refractivity contribution in [2.75, 3.05) is 34.0 Å². The highest BCUT2D eigenvalue weighted by molar-refractivity contribution is 6.31. The van der Waals surface area contributed by atoms with Crippen LogP contribution in [0.2, 0.25) is 0 Å². The number of aliphatic hydroxyl groups excluding tert-OH is 5. The van der Waals surface area contributed by atoms with E-state index in [1.807, 2.05) is 0 Å². The zero-order valence-corrected chi connectivity index (χ0v) is 33.3. The molecule has 0 spiro atoms. The monoisotopic (exact) mass is 849 g/mol. The normalized spacial score (nSPS) is 31.8. The number of fused-ring (bicyclic) bond motifs is 3. The number of nitrogens with one attached hydrogen (secondary N) is 1. The van der Waals surface area contributed by atoms with Gasteiger partial charge in [-0.25, -0.2) is 4.79 Å². The Labute approximate surface area is 343 Å². The van der Waals surface area contributed by atoms with Gasteiger partial charge in [0, 0.05) is 48.6 Å². The molecule has 2 aromatic rings. The third-order valence-electron chi connectivity index (χ3n) is 11.4. The lowest BCUT2D eigenvalue weighted by Gasteiger charge is -2.43. The van der Waals surface area contributed by atoms with E-state index in [1.54, 1.807) is 13.8 Å². The lowest BCUT2D eigenvalue weighted by atomic mass is 9.72. The van der Waals surface area contributed by atoms with Crippen molar-refractivity contribution >= 4 is 23.3 Å². The number of esters is 1. The Bertz CT molecular complexity index is 1960. The summed E-state index contributed by atoms with van der Waals surface area (Å²) in [6, 6.07) is 3.60. The minimum absolute atomic E-state index is 0.0357. The fraction of sp³-hybridized carbons (Fsp3) is 0.600. The number of hydrogen-bond acceptors (Lipinski definition) is 20. The smallest absolute Gasteiger partial charge is 0.337 e. The van der Waals surface area contributed by atoms with E-state index in [-0.39, 0.29) is 54.0 Å². The van der Waals surface area contributed by atoms with E-state index in [0.717, 1.165) is 7.11 Å². The van der Waals surface area contributed by atoms with Crippen LogP contribution in [0, 0.1) is 0 Å². The van der Waals surface area contributed by atoms with Crippen LogP contribution in [0.5, 0.6) is 17.2 Å². The number of carbonyl (C=O) groups is 4. The maximum Gasteiger partial charge on any atom is 0.337 e. The van der Waals surface area contributed by atoms with Crippen LogP contribution in [0.1, 0.15) is 88.6 Å². The van der Waals surface area contributed by atoms with E-state index < -0.39 is 139 Å². The minimum Gasteiger partial charge on any atom is -0.507 e. The summed E-state index contributed by atoms with van der Waals surface area (Å²) in [6.45, 7) is 2.60. The third kappa shape index (κ3) is 8.39. The van der Waals surface area contributed by atoms with Crippen molar-refractivity contribution in [1.82, 2.24) is 5.32 Å². The zero-order valence-electron chi connectivity index (χ0n) is 33.3. The summed E-state index contributed by atoms with van der Waals surface area (Å²) in [5, 5.41) is 90.1. The highest BCUT2D eigenvalue weighted by Gasteiger charge is 2.51. The Morgan fingerprint density at radius 1 is 0.967 bits per heavy atom. The van der Waals surface area contributed by atoms with Crippen molar-refractivity contribution in [3.05, 3.63) is 51.6 Å². The summed E-state index contributed by atoms with van der Waals surface area (Å²) in [7, 11) is 2.37. The molecule has 2 aromatic carbocycles. The molecule has 2 fully saturated rings. The fourth-order valence-electron chi connectivity index (χ4n) is 8.27. The molecule has 3 unspecified atom stereocenters. The molecule has 2 aliphatic heterocycles. The number of aromatic hydroxyl groups is 2. The summed E-state index contributed by atoms with van der Waals surface area (Å²) in [6.07, 6.45) is -14.8. The minimum atomic E-state index is -2.35. The number of Topliss-reactive ketones (excluding diaryl/α,β-unsaturated/α-hetero) is 1. The van der Waals surface area contributed by atoms with E-state index >= 15 is 0 Å². The van der Waals surface area contributed by atoms with E-state index in [2.05, 4.69) is 10.1 Å². The Morgan fingerprint density at radius 3 is 2.35 bits per heavy atom. The number of methoxy groups -OCH3 is 2. The number of hydrogen-bond donors (Lipinski definition) is 9. The van der Waals surface area contributed by atoms with Gasteiger partial charge in [-0.3, -0.25) is 14.4 Å². The van der Waals surface area contributed by atoms with Crippen LogP contribution in [-0.2, 0) is 44.4 Å². The molecule has 12 atom stereocenters.